The topological polar surface area (TPSA) is 41.6 Å². The van der Waals surface area contributed by atoms with Gasteiger partial charge in [0.2, 0.25) is 5.91 Å². The van der Waals surface area contributed by atoms with E-state index in [9.17, 15) is 4.79 Å². The van der Waals surface area contributed by atoms with Crippen molar-refractivity contribution in [1.82, 2.24) is 10.2 Å². The first kappa shape index (κ1) is 16.4. The van der Waals surface area contributed by atoms with Crippen molar-refractivity contribution in [2.45, 2.75) is 53.2 Å². The molecule has 0 radical (unpaired) electrons. The molecule has 3 unspecified atom stereocenters. The van der Waals surface area contributed by atoms with Gasteiger partial charge in [0, 0.05) is 13.7 Å². The highest BCUT2D eigenvalue weighted by Crippen LogP contribution is 2.22. The third-order valence-electron chi connectivity index (χ3n) is 3.62. The molecule has 0 spiro atoms. The Morgan fingerprint density at radius 1 is 1.26 bits per heavy atom. The molecule has 1 amide bonds. The van der Waals surface area contributed by atoms with E-state index < -0.39 is 0 Å². The minimum atomic E-state index is -0.0292. The molecular formula is C15H30N2O2. The number of nitrogens with zero attached hydrogens (tertiary/aromatic N) is 1. The lowest BCUT2D eigenvalue weighted by Crippen LogP contribution is -2.41. The Labute approximate surface area is 117 Å². The lowest BCUT2D eigenvalue weighted by molar-refractivity contribution is -0.131. The fourth-order valence-corrected chi connectivity index (χ4v) is 2.71. The zero-order chi connectivity index (χ0) is 14.6. The van der Waals surface area contributed by atoms with Gasteiger partial charge in [0.1, 0.15) is 0 Å². The van der Waals surface area contributed by atoms with E-state index in [4.69, 9.17) is 4.74 Å². The number of hydrogen-bond donors (Lipinski definition) is 1. The summed E-state index contributed by atoms with van der Waals surface area (Å²) in [6, 6.07) is -0.0292. The van der Waals surface area contributed by atoms with E-state index >= 15 is 0 Å². The average Bonchev–Trinajstić information content (AvgIpc) is 2.57. The zero-order valence-electron chi connectivity index (χ0n) is 13.3. The number of rotatable bonds is 7. The highest BCUT2D eigenvalue weighted by molar-refractivity contribution is 5.84. The number of ether oxygens (including phenoxy) is 1. The Balaban J connectivity index is 2.73. The van der Waals surface area contributed by atoms with Gasteiger partial charge in [0.15, 0.2) is 0 Å². The van der Waals surface area contributed by atoms with Crippen LogP contribution in [0, 0.1) is 17.8 Å². The second kappa shape index (κ2) is 7.25. The van der Waals surface area contributed by atoms with Crippen molar-refractivity contribution in [3.05, 3.63) is 0 Å². The van der Waals surface area contributed by atoms with Crippen LogP contribution in [-0.4, -0.2) is 43.3 Å². The van der Waals surface area contributed by atoms with Crippen LogP contribution in [0.15, 0.2) is 0 Å². The lowest BCUT2D eigenvalue weighted by Gasteiger charge is -2.28. The number of nitrogens with one attached hydrogen (secondary N) is 1. The molecule has 1 rings (SSSR count). The fraction of sp³-hybridized carbons (Fsp3) is 0.933. The smallest absolute Gasteiger partial charge is 0.241 e. The lowest BCUT2D eigenvalue weighted by atomic mass is 10.0. The van der Waals surface area contributed by atoms with Crippen LogP contribution in [0.1, 0.15) is 41.0 Å². The maximum atomic E-state index is 12.5. The van der Waals surface area contributed by atoms with Gasteiger partial charge in [-0.2, -0.15) is 0 Å². The van der Waals surface area contributed by atoms with E-state index in [2.05, 4.69) is 39.9 Å². The van der Waals surface area contributed by atoms with Crippen LogP contribution in [-0.2, 0) is 9.53 Å². The van der Waals surface area contributed by atoms with Gasteiger partial charge in [0.05, 0.1) is 18.8 Å². The third-order valence-corrected chi connectivity index (χ3v) is 3.62. The maximum absolute atomic E-state index is 12.5. The molecule has 1 heterocycles. The normalized spacial score (nSPS) is 25.7. The van der Waals surface area contributed by atoms with E-state index in [1.54, 1.807) is 7.11 Å². The SMILES string of the molecule is COCC(C)CN1C(=O)C(C(C)C)NC1CC(C)C. The van der Waals surface area contributed by atoms with Crippen molar-refractivity contribution in [3.8, 4) is 0 Å². The molecule has 4 heteroatoms. The number of carbonyl (C=O) groups is 1. The Bertz CT molecular complexity index is 292. The second-order valence-corrected chi connectivity index (χ2v) is 6.58. The van der Waals surface area contributed by atoms with Crippen molar-refractivity contribution >= 4 is 5.91 Å². The molecule has 19 heavy (non-hydrogen) atoms. The Hall–Kier alpha value is -0.610. The molecule has 4 nitrogen and oxygen atoms in total. The summed E-state index contributed by atoms with van der Waals surface area (Å²) in [6.07, 6.45) is 1.19. The molecule has 1 fully saturated rings. The van der Waals surface area contributed by atoms with Crippen LogP contribution < -0.4 is 5.32 Å². The summed E-state index contributed by atoms with van der Waals surface area (Å²) < 4.78 is 5.18. The largest absolute Gasteiger partial charge is 0.384 e. The summed E-state index contributed by atoms with van der Waals surface area (Å²) in [4.78, 5) is 14.5. The fourth-order valence-electron chi connectivity index (χ4n) is 2.71. The number of carbonyl (C=O) groups excluding carboxylic acids is 1. The van der Waals surface area contributed by atoms with Gasteiger partial charge in [-0.3, -0.25) is 10.1 Å². The van der Waals surface area contributed by atoms with Crippen LogP contribution in [0.25, 0.3) is 0 Å². The highest BCUT2D eigenvalue weighted by atomic mass is 16.5. The molecule has 3 atom stereocenters. The molecule has 0 aromatic heterocycles. The number of methoxy groups -OCH3 is 1. The molecule has 0 aromatic carbocycles. The van der Waals surface area contributed by atoms with E-state index in [1.807, 2.05) is 4.90 Å². The molecule has 1 saturated heterocycles. The van der Waals surface area contributed by atoms with Crippen molar-refractivity contribution in [2.75, 3.05) is 20.3 Å². The van der Waals surface area contributed by atoms with Gasteiger partial charge in [-0.05, 0) is 24.2 Å². The van der Waals surface area contributed by atoms with Crippen LogP contribution in [0.3, 0.4) is 0 Å². The summed E-state index contributed by atoms with van der Waals surface area (Å²) in [5, 5.41) is 3.50. The Kier molecular flexibility index (Phi) is 6.27. The van der Waals surface area contributed by atoms with Crippen LogP contribution >= 0.6 is 0 Å². The Morgan fingerprint density at radius 2 is 1.89 bits per heavy atom. The minimum Gasteiger partial charge on any atom is -0.384 e. The molecule has 112 valence electrons. The first-order valence-corrected chi connectivity index (χ1v) is 7.42. The van der Waals surface area contributed by atoms with Gasteiger partial charge < -0.3 is 9.64 Å². The summed E-state index contributed by atoms with van der Waals surface area (Å²) >= 11 is 0. The van der Waals surface area contributed by atoms with Gasteiger partial charge >= 0.3 is 0 Å². The summed E-state index contributed by atoms with van der Waals surface area (Å²) in [7, 11) is 1.71. The maximum Gasteiger partial charge on any atom is 0.241 e. The van der Waals surface area contributed by atoms with E-state index in [1.165, 1.54) is 0 Å². The van der Waals surface area contributed by atoms with Crippen molar-refractivity contribution in [3.63, 3.8) is 0 Å². The van der Waals surface area contributed by atoms with Gasteiger partial charge in [-0.15, -0.1) is 0 Å². The average molecular weight is 270 g/mol. The molecule has 1 aliphatic rings. The first-order chi connectivity index (χ1) is 8.86. The standard InChI is InChI=1S/C15H30N2O2/c1-10(2)7-13-16-14(11(3)4)15(18)17(13)8-12(5)9-19-6/h10-14,16H,7-9H2,1-6H3. The molecule has 1 N–H and O–H groups in total. The van der Waals surface area contributed by atoms with E-state index in [0.717, 1.165) is 13.0 Å². The highest BCUT2D eigenvalue weighted by Gasteiger charge is 2.40. The third kappa shape index (κ3) is 4.46. The minimum absolute atomic E-state index is 0.0292. The van der Waals surface area contributed by atoms with E-state index in [-0.39, 0.29) is 18.1 Å². The van der Waals surface area contributed by atoms with Crippen LogP contribution in [0.4, 0.5) is 0 Å². The number of hydrogen-bond acceptors (Lipinski definition) is 3. The number of amides is 1. The van der Waals surface area contributed by atoms with Gasteiger partial charge in [-0.1, -0.05) is 34.6 Å². The Morgan fingerprint density at radius 3 is 2.37 bits per heavy atom. The van der Waals surface area contributed by atoms with Gasteiger partial charge in [-0.25, -0.2) is 0 Å². The van der Waals surface area contributed by atoms with Crippen LogP contribution in [0.2, 0.25) is 0 Å². The molecular weight excluding hydrogens is 240 g/mol. The molecule has 0 bridgehead atoms. The summed E-state index contributed by atoms with van der Waals surface area (Å²) in [6.45, 7) is 12.2. The van der Waals surface area contributed by atoms with E-state index in [0.29, 0.717) is 24.4 Å². The van der Waals surface area contributed by atoms with Crippen molar-refractivity contribution in [2.24, 2.45) is 17.8 Å². The van der Waals surface area contributed by atoms with Crippen LogP contribution in [0.5, 0.6) is 0 Å². The summed E-state index contributed by atoms with van der Waals surface area (Å²) in [5.74, 6) is 1.54. The van der Waals surface area contributed by atoms with Crippen molar-refractivity contribution < 1.29 is 9.53 Å². The molecule has 1 aliphatic heterocycles. The summed E-state index contributed by atoms with van der Waals surface area (Å²) in [5.41, 5.74) is 0. The molecule has 0 aromatic rings. The quantitative estimate of drug-likeness (QED) is 0.770. The monoisotopic (exact) mass is 270 g/mol. The zero-order valence-corrected chi connectivity index (χ0v) is 13.3. The predicted molar refractivity (Wildman–Crippen MR) is 77.8 cm³/mol. The van der Waals surface area contributed by atoms with Crippen molar-refractivity contribution in [1.29, 1.82) is 0 Å². The second-order valence-electron chi connectivity index (χ2n) is 6.58. The molecule has 0 saturated carbocycles. The first-order valence-electron chi connectivity index (χ1n) is 7.42. The van der Waals surface area contributed by atoms with Gasteiger partial charge in [0.25, 0.3) is 0 Å². The predicted octanol–water partition coefficient (Wildman–Crippen LogP) is 2.10. The molecule has 0 aliphatic carbocycles.